The first kappa shape index (κ1) is 16.6. The molecule has 0 unspecified atom stereocenters. The van der Waals surface area contributed by atoms with Crippen molar-refractivity contribution < 1.29 is 5.11 Å². The van der Waals surface area contributed by atoms with Crippen molar-refractivity contribution >= 4 is 11.8 Å². The highest BCUT2D eigenvalue weighted by Crippen LogP contribution is 2.40. The van der Waals surface area contributed by atoms with Crippen LogP contribution in [0.15, 0.2) is 30.5 Å². The van der Waals surface area contributed by atoms with Gasteiger partial charge < -0.3 is 15.7 Å². The summed E-state index contributed by atoms with van der Waals surface area (Å²) < 4.78 is 0. The molecular weight excluding hydrogens is 302 g/mol. The Kier molecular flexibility index (Phi) is 5.25. The zero-order valence-electron chi connectivity index (χ0n) is 14.2. The molecule has 0 aliphatic heterocycles. The number of rotatable bonds is 8. The minimum atomic E-state index is -0.0527. The van der Waals surface area contributed by atoms with Crippen molar-refractivity contribution in [1.82, 2.24) is 15.0 Å². The van der Waals surface area contributed by atoms with Crippen molar-refractivity contribution in [2.24, 2.45) is 5.92 Å². The number of anilines is 2. The van der Waals surface area contributed by atoms with Crippen LogP contribution >= 0.6 is 0 Å². The second-order valence-corrected chi connectivity index (χ2v) is 6.63. The molecule has 0 spiro atoms. The Labute approximate surface area is 142 Å². The summed E-state index contributed by atoms with van der Waals surface area (Å²) >= 11 is 0. The molecule has 1 atom stereocenters. The highest BCUT2D eigenvalue weighted by molar-refractivity contribution is 5.44. The van der Waals surface area contributed by atoms with Gasteiger partial charge in [-0.15, -0.1) is 0 Å². The van der Waals surface area contributed by atoms with Crippen LogP contribution in [0.2, 0.25) is 0 Å². The third kappa shape index (κ3) is 4.41. The smallest absolute Gasteiger partial charge is 0.225 e. The molecule has 6 heteroatoms. The summed E-state index contributed by atoms with van der Waals surface area (Å²) in [6.45, 7) is 4.82. The number of aliphatic hydroxyl groups excluding tert-OH is 1. The molecule has 2 heterocycles. The van der Waals surface area contributed by atoms with Crippen molar-refractivity contribution in [3.63, 3.8) is 0 Å². The van der Waals surface area contributed by atoms with Crippen LogP contribution in [0.3, 0.4) is 0 Å². The van der Waals surface area contributed by atoms with E-state index in [9.17, 15) is 5.11 Å². The Hall–Kier alpha value is -2.21. The maximum atomic E-state index is 9.53. The van der Waals surface area contributed by atoms with Gasteiger partial charge in [0.25, 0.3) is 0 Å². The molecule has 2 aromatic heterocycles. The average molecular weight is 327 g/mol. The van der Waals surface area contributed by atoms with Gasteiger partial charge in [0.15, 0.2) is 0 Å². The molecule has 0 amide bonds. The molecular formula is C18H25N5O. The number of aliphatic hydroxyl groups is 1. The van der Waals surface area contributed by atoms with E-state index in [4.69, 9.17) is 0 Å². The molecule has 0 radical (unpaired) electrons. The van der Waals surface area contributed by atoms with Gasteiger partial charge in [-0.2, -0.15) is 4.98 Å². The lowest BCUT2D eigenvalue weighted by atomic mass is 10.1. The topological polar surface area (TPSA) is 83.0 Å². The molecule has 0 bridgehead atoms. The van der Waals surface area contributed by atoms with E-state index in [0.29, 0.717) is 24.3 Å². The Bertz CT molecular complexity index is 658. The lowest BCUT2D eigenvalue weighted by Gasteiger charge is -2.20. The molecule has 1 saturated carbocycles. The van der Waals surface area contributed by atoms with Gasteiger partial charge in [0.05, 0.1) is 30.6 Å². The van der Waals surface area contributed by atoms with E-state index in [0.717, 1.165) is 17.2 Å². The van der Waals surface area contributed by atoms with Crippen LogP contribution in [-0.4, -0.2) is 32.7 Å². The predicted octanol–water partition coefficient (Wildman–Crippen LogP) is 2.79. The van der Waals surface area contributed by atoms with Gasteiger partial charge in [-0.3, -0.25) is 4.98 Å². The van der Waals surface area contributed by atoms with Crippen molar-refractivity contribution in [3.05, 3.63) is 41.9 Å². The third-order valence-electron chi connectivity index (χ3n) is 4.23. The van der Waals surface area contributed by atoms with Gasteiger partial charge >= 0.3 is 0 Å². The molecule has 3 rings (SSSR count). The van der Waals surface area contributed by atoms with Crippen molar-refractivity contribution in [2.45, 2.75) is 45.2 Å². The van der Waals surface area contributed by atoms with Gasteiger partial charge in [-0.1, -0.05) is 19.9 Å². The first-order chi connectivity index (χ1) is 11.7. The normalized spacial score (nSPS) is 15.3. The summed E-state index contributed by atoms with van der Waals surface area (Å²) in [5.74, 6) is 2.21. The predicted molar refractivity (Wildman–Crippen MR) is 94.9 cm³/mol. The highest BCUT2D eigenvalue weighted by atomic mass is 16.3. The highest BCUT2D eigenvalue weighted by Gasteiger charge is 2.26. The number of hydrogen-bond acceptors (Lipinski definition) is 6. The SMILES string of the molecule is CC(C)[C@H](CO)Nc1nc(NCc2ccccn2)cc(C2CC2)n1. The van der Waals surface area contributed by atoms with Crippen LogP contribution in [0.25, 0.3) is 0 Å². The molecule has 3 N–H and O–H groups in total. The zero-order chi connectivity index (χ0) is 16.9. The van der Waals surface area contributed by atoms with Crippen LogP contribution in [-0.2, 0) is 6.54 Å². The van der Waals surface area contributed by atoms with Crippen molar-refractivity contribution in [1.29, 1.82) is 0 Å². The quantitative estimate of drug-likeness (QED) is 0.691. The second kappa shape index (κ2) is 7.57. The Morgan fingerprint density at radius 2 is 2.08 bits per heavy atom. The van der Waals surface area contributed by atoms with Crippen molar-refractivity contribution in [2.75, 3.05) is 17.2 Å². The number of hydrogen-bond donors (Lipinski definition) is 3. The molecule has 6 nitrogen and oxygen atoms in total. The summed E-state index contributed by atoms with van der Waals surface area (Å²) in [4.78, 5) is 13.5. The molecule has 0 aromatic carbocycles. The molecule has 1 aliphatic carbocycles. The molecule has 1 fully saturated rings. The van der Waals surface area contributed by atoms with Gasteiger partial charge in [-0.25, -0.2) is 4.98 Å². The minimum Gasteiger partial charge on any atom is -0.394 e. The summed E-state index contributed by atoms with van der Waals surface area (Å²) in [6, 6.07) is 7.83. The van der Waals surface area contributed by atoms with E-state index in [1.54, 1.807) is 6.20 Å². The summed E-state index contributed by atoms with van der Waals surface area (Å²) in [5, 5.41) is 16.1. The molecule has 1 aliphatic rings. The molecule has 0 saturated heterocycles. The van der Waals surface area contributed by atoms with Crippen LogP contribution in [0.1, 0.15) is 44.0 Å². The molecule has 24 heavy (non-hydrogen) atoms. The lowest BCUT2D eigenvalue weighted by Crippen LogP contribution is -2.30. The molecule has 2 aromatic rings. The van der Waals surface area contributed by atoms with Gasteiger partial charge in [0, 0.05) is 18.2 Å². The monoisotopic (exact) mass is 327 g/mol. The fraction of sp³-hybridized carbons (Fsp3) is 0.500. The number of nitrogens with zero attached hydrogens (tertiary/aromatic N) is 3. The number of pyridine rings is 1. The van der Waals surface area contributed by atoms with Crippen molar-refractivity contribution in [3.8, 4) is 0 Å². The summed E-state index contributed by atoms with van der Waals surface area (Å²) in [6.07, 6.45) is 4.15. The van der Waals surface area contributed by atoms with Gasteiger partial charge in [0.1, 0.15) is 5.82 Å². The number of aromatic nitrogens is 3. The average Bonchev–Trinajstić information content (AvgIpc) is 3.43. The maximum absolute atomic E-state index is 9.53. The minimum absolute atomic E-state index is 0.0527. The van der Waals surface area contributed by atoms with E-state index in [2.05, 4.69) is 39.4 Å². The summed E-state index contributed by atoms with van der Waals surface area (Å²) in [5.41, 5.74) is 2.03. The van der Waals surface area contributed by atoms with E-state index >= 15 is 0 Å². The van der Waals surface area contributed by atoms with E-state index in [1.807, 2.05) is 24.3 Å². The first-order valence-electron chi connectivity index (χ1n) is 8.56. The third-order valence-corrected chi connectivity index (χ3v) is 4.23. The first-order valence-corrected chi connectivity index (χ1v) is 8.56. The zero-order valence-corrected chi connectivity index (χ0v) is 14.2. The van der Waals surface area contributed by atoms with E-state index in [-0.39, 0.29) is 12.6 Å². The van der Waals surface area contributed by atoms with Crippen LogP contribution in [0, 0.1) is 5.92 Å². The van der Waals surface area contributed by atoms with Crippen LogP contribution in [0.5, 0.6) is 0 Å². The largest absolute Gasteiger partial charge is 0.394 e. The molecule has 128 valence electrons. The fourth-order valence-corrected chi connectivity index (χ4v) is 2.48. The van der Waals surface area contributed by atoms with E-state index in [1.165, 1.54) is 12.8 Å². The van der Waals surface area contributed by atoms with E-state index < -0.39 is 0 Å². The van der Waals surface area contributed by atoms with Gasteiger partial charge in [0.2, 0.25) is 5.95 Å². The standard InChI is InChI=1S/C18H25N5O/c1-12(2)16(11-24)22-18-21-15(13-6-7-13)9-17(23-18)20-10-14-5-3-4-8-19-14/h3-5,8-9,12-13,16,24H,6-7,10-11H2,1-2H3,(H2,20,21,22,23)/t16-/m0/s1. The Balaban J connectivity index is 1.75. The maximum Gasteiger partial charge on any atom is 0.225 e. The second-order valence-electron chi connectivity index (χ2n) is 6.63. The Morgan fingerprint density at radius 1 is 1.25 bits per heavy atom. The number of nitrogens with one attached hydrogen (secondary N) is 2. The van der Waals surface area contributed by atoms with Crippen LogP contribution < -0.4 is 10.6 Å². The summed E-state index contributed by atoms with van der Waals surface area (Å²) in [7, 11) is 0. The van der Waals surface area contributed by atoms with Crippen LogP contribution in [0.4, 0.5) is 11.8 Å². The van der Waals surface area contributed by atoms with Gasteiger partial charge in [-0.05, 0) is 30.9 Å². The Morgan fingerprint density at radius 3 is 2.71 bits per heavy atom. The fourth-order valence-electron chi connectivity index (χ4n) is 2.48. The lowest BCUT2D eigenvalue weighted by molar-refractivity contribution is 0.248.